The summed E-state index contributed by atoms with van der Waals surface area (Å²) in [5.41, 5.74) is 3.69. The summed E-state index contributed by atoms with van der Waals surface area (Å²) in [6.45, 7) is 2.12. The molecule has 94 valence electrons. The van der Waals surface area contributed by atoms with E-state index < -0.39 is 0 Å². The van der Waals surface area contributed by atoms with E-state index in [2.05, 4.69) is 55.5 Å². The number of hydrogen-bond donors (Lipinski definition) is 0. The lowest BCUT2D eigenvalue weighted by molar-refractivity contribution is 0.415. The van der Waals surface area contributed by atoms with E-state index in [9.17, 15) is 0 Å². The molecule has 0 heterocycles. The lowest BCUT2D eigenvalue weighted by Crippen LogP contribution is -1.84. The van der Waals surface area contributed by atoms with Gasteiger partial charge in [0.2, 0.25) is 0 Å². The molecular formula is C18H16O. The van der Waals surface area contributed by atoms with Gasteiger partial charge in [-0.2, -0.15) is 0 Å². The van der Waals surface area contributed by atoms with Crippen LogP contribution in [0.15, 0.2) is 60.7 Å². The van der Waals surface area contributed by atoms with Crippen molar-refractivity contribution in [2.45, 2.75) is 6.92 Å². The van der Waals surface area contributed by atoms with Gasteiger partial charge in [0.25, 0.3) is 0 Å². The first-order chi connectivity index (χ1) is 9.26. The Kier molecular flexibility index (Phi) is 2.96. The summed E-state index contributed by atoms with van der Waals surface area (Å²) in [4.78, 5) is 0. The smallest absolute Gasteiger partial charge is 0.119 e. The highest BCUT2D eigenvalue weighted by molar-refractivity contribution is 5.88. The number of aryl methyl sites for hydroxylation is 1. The summed E-state index contributed by atoms with van der Waals surface area (Å²) < 4.78 is 5.28. The maximum Gasteiger partial charge on any atom is 0.119 e. The monoisotopic (exact) mass is 248 g/mol. The lowest BCUT2D eigenvalue weighted by Gasteiger charge is -2.07. The fourth-order valence-electron chi connectivity index (χ4n) is 2.35. The molecule has 0 bridgehead atoms. The number of ether oxygens (including phenoxy) is 1. The molecular weight excluding hydrogens is 232 g/mol. The number of fused-ring (bicyclic) bond motifs is 1. The molecule has 1 heteroatoms. The van der Waals surface area contributed by atoms with Gasteiger partial charge < -0.3 is 4.74 Å². The minimum atomic E-state index is 0.891. The predicted octanol–water partition coefficient (Wildman–Crippen LogP) is 4.82. The van der Waals surface area contributed by atoms with Crippen molar-refractivity contribution in [3.8, 4) is 16.9 Å². The van der Waals surface area contributed by atoms with E-state index in [1.807, 2.05) is 12.1 Å². The quantitative estimate of drug-likeness (QED) is 0.631. The van der Waals surface area contributed by atoms with E-state index in [0.29, 0.717) is 0 Å². The van der Waals surface area contributed by atoms with Crippen molar-refractivity contribution in [1.82, 2.24) is 0 Å². The Morgan fingerprint density at radius 2 is 1.53 bits per heavy atom. The van der Waals surface area contributed by atoms with E-state index in [4.69, 9.17) is 4.74 Å². The SMILES string of the molecule is COc1cccc(-c2ccc3ccc(C)cc3c2)c1. The number of rotatable bonds is 2. The van der Waals surface area contributed by atoms with Crippen molar-refractivity contribution in [3.63, 3.8) is 0 Å². The summed E-state index contributed by atoms with van der Waals surface area (Å²) in [6, 6.07) is 21.3. The van der Waals surface area contributed by atoms with Crippen molar-refractivity contribution in [2.24, 2.45) is 0 Å². The molecule has 3 aromatic carbocycles. The van der Waals surface area contributed by atoms with Gasteiger partial charge in [-0.3, -0.25) is 0 Å². The van der Waals surface area contributed by atoms with Crippen molar-refractivity contribution < 1.29 is 4.74 Å². The molecule has 0 aliphatic carbocycles. The minimum Gasteiger partial charge on any atom is -0.497 e. The highest BCUT2D eigenvalue weighted by Crippen LogP contribution is 2.27. The summed E-state index contributed by atoms with van der Waals surface area (Å²) in [5, 5.41) is 2.55. The van der Waals surface area contributed by atoms with E-state index in [0.717, 1.165) is 5.75 Å². The van der Waals surface area contributed by atoms with Crippen LogP contribution >= 0.6 is 0 Å². The van der Waals surface area contributed by atoms with E-state index in [1.54, 1.807) is 7.11 Å². The van der Waals surface area contributed by atoms with Crippen LogP contribution < -0.4 is 4.74 Å². The molecule has 0 radical (unpaired) electrons. The van der Waals surface area contributed by atoms with Crippen molar-refractivity contribution >= 4 is 10.8 Å². The molecule has 0 unspecified atom stereocenters. The van der Waals surface area contributed by atoms with Gasteiger partial charge in [0.05, 0.1) is 7.11 Å². The first-order valence-electron chi connectivity index (χ1n) is 6.41. The van der Waals surface area contributed by atoms with Gasteiger partial charge >= 0.3 is 0 Å². The lowest BCUT2D eigenvalue weighted by atomic mass is 10.00. The molecule has 3 aromatic rings. The first-order valence-corrected chi connectivity index (χ1v) is 6.41. The van der Waals surface area contributed by atoms with Crippen LogP contribution in [0.3, 0.4) is 0 Å². The third-order valence-corrected chi connectivity index (χ3v) is 3.40. The van der Waals surface area contributed by atoms with Crippen molar-refractivity contribution in [2.75, 3.05) is 7.11 Å². The zero-order valence-electron chi connectivity index (χ0n) is 11.2. The molecule has 19 heavy (non-hydrogen) atoms. The Labute approximate surface area is 113 Å². The zero-order valence-corrected chi connectivity index (χ0v) is 11.2. The van der Waals surface area contributed by atoms with Crippen molar-refractivity contribution in [1.29, 1.82) is 0 Å². The standard InChI is InChI=1S/C18H16O/c1-13-6-7-14-8-9-16(11-17(14)10-13)15-4-3-5-18(12-15)19-2/h3-12H,1-2H3. The van der Waals surface area contributed by atoms with Crippen LogP contribution in [0.1, 0.15) is 5.56 Å². The zero-order chi connectivity index (χ0) is 13.2. The molecule has 3 rings (SSSR count). The normalized spacial score (nSPS) is 10.6. The van der Waals surface area contributed by atoms with Crippen LogP contribution in [0.2, 0.25) is 0 Å². The highest BCUT2D eigenvalue weighted by Gasteiger charge is 2.01. The van der Waals surface area contributed by atoms with Gasteiger partial charge in [0.15, 0.2) is 0 Å². The summed E-state index contributed by atoms with van der Waals surface area (Å²) >= 11 is 0. The molecule has 0 spiro atoms. The summed E-state index contributed by atoms with van der Waals surface area (Å²) in [6.07, 6.45) is 0. The van der Waals surface area contributed by atoms with Crippen LogP contribution in [0.5, 0.6) is 5.75 Å². The molecule has 0 saturated heterocycles. The molecule has 0 aliphatic rings. The molecule has 0 aliphatic heterocycles. The van der Waals surface area contributed by atoms with E-state index in [1.165, 1.54) is 27.5 Å². The molecule has 0 saturated carbocycles. The van der Waals surface area contributed by atoms with Crippen LogP contribution in [-0.2, 0) is 0 Å². The Morgan fingerprint density at radius 3 is 2.37 bits per heavy atom. The second-order valence-corrected chi connectivity index (χ2v) is 4.80. The first kappa shape index (κ1) is 11.8. The van der Waals surface area contributed by atoms with Crippen LogP contribution in [0.25, 0.3) is 21.9 Å². The fourth-order valence-corrected chi connectivity index (χ4v) is 2.35. The topological polar surface area (TPSA) is 9.23 Å². The summed E-state index contributed by atoms with van der Waals surface area (Å²) in [7, 11) is 1.70. The molecule has 0 fully saturated rings. The Morgan fingerprint density at radius 1 is 0.737 bits per heavy atom. The van der Waals surface area contributed by atoms with Gasteiger partial charge in [0, 0.05) is 0 Å². The van der Waals surface area contributed by atoms with Crippen LogP contribution in [0.4, 0.5) is 0 Å². The second kappa shape index (κ2) is 4.77. The Balaban J connectivity index is 2.13. The maximum atomic E-state index is 5.28. The van der Waals surface area contributed by atoms with Gasteiger partial charge in [0.1, 0.15) is 5.75 Å². The summed E-state index contributed by atoms with van der Waals surface area (Å²) in [5.74, 6) is 0.891. The van der Waals surface area contributed by atoms with Gasteiger partial charge in [-0.05, 0) is 47.0 Å². The maximum absolute atomic E-state index is 5.28. The fraction of sp³-hybridized carbons (Fsp3) is 0.111. The minimum absolute atomic E-state index is 0.891. The Hall–Kier alpha value is -2.28. The molecule has 0 N–H and O–H groups in total. The van der Waals surface area contributed by atoms with E-state index in [-0.39, 0.29) is 0 Å². The Bertz CT molecular complexity index is 729. The number of methoxy groups -OCH3 is 1. The second-order valence-electron chi connectivity index (χ2n) is 4.80. The predicted molar refractivity (Wildman–Crippen MR) is 80.7 cm³/mol. The number of benzene rings is 3. The van der Waals surface area contributed by atoms with Gasteiger partial charge in [-0.25, -0.2) is 0 Å². The van der Waals surface area contributed by atoms with Gasteiger partial charge in [-0.1, -0.05) is 48.0 Å². The third kappa shape index (κ3) is 2.32. The average Bonchev–Trinajstić information content (AvgIpc) is 2.46. The molecule has 0 amide bonds. The highest BCUT2D eigenvalue weighted by atomic mass is 16.5. The average molecular weight is 248 g/mol. The number of hydrogen-bond acceptors (Lipinski definition) is 1. The van der Waals surface area contributed by atoms with Crippen molar-refractivity contribution in [3.05, 3.63) is 66.2 Å². The molecule has 0 aromatic heterocycles. The van der Waals surface area contributed by atoms with Crippen LogP contribution in [0, 0.1) is 6.92 Å². The van der Waals surface area contributed by atoms with Crippen LogP contribution in [-0.4, -0.2) is 7.11 Å². The van der Waals surface area contributed by atoms with E-state index >= 15 is 0 Å². The largest absolute Gasteiger partial charge is 0.497 e. The molecule has 1 nitrogen and oxygen atoms in total. The van der Waals surface area contributed by atoms with Gasteiger partial charge in [-0.15, -0.1) is 0 Å². The third-order valence-electron chi connectivity index (χ3n) is 3.40. The molecule has 0 atom stereocenters.